The first-order valence-corrected chi connectivity index (χ1v) is 7.21. The van der Waals surface area contributed by atoms with E-state index in [4.69, 9.17) is 10.2 Å². The van der Waals surface area contributed by atoms with Crippen molar-refractivity contribution in [2.75, 3.05) is 0 Å². The molecule has 0 bridgehead atoms. The number of aryl methyl sites for hydroxylation is 2. The molecule has 0 aliphatic carbocycles. The third-order valence-electron chi connectivity index (χ3n) is 3.71. The van der Waals surface area contributed by atoms with Crippen LogP contribution in [0.4, 0.5) is 0 Å². The maximum absolute atomic E-state index is 9.05. The number of benzene rings is 2. The molecule has 1 aromatic heterocycles. The number of hydrogen-bond acceptors (Lipinski definition) is 2. The van der Waals surface area contributed by atoms with Crippen LogP contribution in [0.15, 0.2) is 42.5 Å². The summed E-state index contributed by atoms with van der Waals surface area (Å²) >= 11 is 0. The first kappa shape index (κ1) is 13.4. The van der Waals surface area contributed by atoms with Gasteiger partial charge in [-0.2, -0.15) is 5.26 Å². The lowest BCUT2D eigenvalue weighted by Gasteiger charge is -2.09. The molecule has 3 heteroatoms. The highest BCUT2D eigenvalue weighted by atomic mass is 15.1. The van der Waals surface area contributed by atoms with Gasteiger partial charge in [0.15, 0.2) is 0 Å². The van der Waals surface area contributed by atoms with Gasteiger partial charge in [-0.05, 0) is 37.1 Å². The molecule has 0 aliphatic rings. The van der Waals surface area contributed by atoms with Crippen LogP contribution in [0.2, 0.25) is 0 Å². The topological polar surface area (TPSA) is 41.6 Å². The molecule has 0 unspecified atom stereocenters. The van der Waals surface area contributed by atoms with Gasteiger partial charge in [-0.1, -0.05) is 31.2 Å². The van der Waals surface area contributed by atoms with Gasteiger partial charge in [-0.3, -0.25) is 0 Å². The smallest absolute Gasteiger partial charge is 0.141 e. The lowest BCUT2D eigenvalue weighted by atomic mass is 10.1. The summed E-state index contributed by atoms with van der Waals surface area (Å²) in [6.07, 6.45) is 1.05. The summed E-state index contributed by atoms with van der Waals surface area (Å²) in [6.45, 7) is 5.19. The van der Waals surface area contributed by atoms with Crippen molar-refractivity contribution in [3.8, 4) is 17.5 Å². The Bertz CT molecular complexity index is 837. The van der Waals surface area contributed by atoms with E-state index in [0.717, 1.165) is 35.4 Å². The molecular weight excluding hydrogens is 258 g/mol. The van der Waals surface area contributed by atoms with E-state index in [0.29, 0.717) is 5.56 Å². The van der Waals surface area contributed by atoms with Crippen molar-refractivity contribution in [1.29, 1.82) is 5.26 Å². The molecule has 0 N–H and O–H groups in total. The number of imidazole rings is 1. The minimum Gasteiger partial charge on any atom is -0.324 e. The van der Waals surface area contributed by atoms with Gasteiger partial charge in [0.05, 0.1) is 22.7 Å². The SMILES string of the molecule is CCCn1c(-c2ccccc2C)nc2cc(C#N)ccc21. The Labute approximate surface area is 124 Å². The van der Waals surface area contributed by atoms with Crippen molar-refractivity contribution < 1.29 is 0 Å². The van der Waals surface area contributed by atoms with Gasteiger partial charge in [-0.25, -0.2) is 4.98 Å². The number of aromatic nitrogens is 2. The standard InChI is InChI=1S/C18H17N3/c1-3-10-21-17-9-8-14(12-19)11-16(17)20-18(21)15-7-5-4-6-13(15)2/h4-9,11H,3,10H2,1-2H3. The monoisotopic (exact) mass is 275 g/mol. The Hall–Kier alpha value is -2.60. The molecule has 0 atom stereocenters. The predicted octanol–water partition coefficient (Wildman–Crippen LogP) is 4.29. The van der Waals surface area contributed by atoms with Crippen molar-refractivity contribution >= 4 is 11.0 Å². The molecule has 3 aromatic rings. The molecular formula is C18H17N3. The average Bonchev–Trinajstić information content (AvgIpc) is 2.86. The Kier molecular flexibility index (Phi) is 3.45. The molecule has 0 amide bonds. The second-order valence-corrected chi connectivity index (χ2v) is 5.22. The Morgan fingerprint density at radius 2 is 2.00 bits per heavy atom. The molecule has 0 fully saturated rings. The molecule has 1 heterocycles. The maximum atomic E-state index is 9.05. The van der Waals surface area contributed by atoms with E-state index in [2.05, 4.69) is 36.6 Å². The van der Waals surface area contributed by atoms with Gasteiger partial charge >= 0.3 is 0 Å². The fourth-order valence-corrected chi connectivity index (χ4v) is 2.68. The van der Waals surface area contributed by atoms with Gasteiger partial charge in [0.1, 0.15) is 5.82 Å². The van der Waals surface area contributed by atoms with E-state index in [-0.39, 0.29) is 0 Å². The van der Waals surface area contributed by atoms with Gasteiger partial charge < -0.3 is 4.57 Å². The van der Waals surface area contributed by atoms with E-state index in [1.165, 1.54) is 5.56 Å². The lowest BCUT2D eigenvalue weighted by molar-refractivity contribution is 0.704. The van der Waals surface area contributed by atoms with E-state index in [1.807, 2.05) is 30.3 Å². The van der Waals surface area contributed by atoms with E-state index in [9.17, 15) is 0 Å². The van der Waals surface area contributed by atoms with Crippen LogP contribution in [0.1, 0.15) is 24.5 Å². The predicted molar refractivity (Wildman–Crippen MR) is 84.9 cm³/mol. The van der Waals surface area contributed by atoms with Crippen LogP contribution in [0.5, 0.6) is 0 Å². The molecule has 104 valence electrons. The normalized spacial score (nSPS) is 10.7. The average molecular weight is 275 g/mol. The number of rotatable bonds is 3. The molecule has 3 rings (SSSR count). The van der Waals surface area contributed by atoms with Crippen LogP contribution in [0, 0.1) is 18.3 Å². The Balaban J connectivity index is 2.29. The zero-order valence-electron chi connectivity index (χ0n) is 12.3. The first-order valence-electron chi connectivity index (χ1n) is 7.21. The molecule has 0 aliphatic heterocycles. The maximum Gasteiger partial charge on any atom is 0.141 e. The van der Waals surface area contributed by atoms with Gasteiger partial charge in [0.25, 0.3) is 0 Å². The van der Waals surface area contributed by atoms with Crippen molar-refractivity contribution in [1.82, 2.24) is 9.55 Å². The fraction of sp³-hybridized carbons (Fsp3) is 0.222. The van der Waals surface area contributed by atoms with Gasteiger partial charge in [0.2, 0.25) is 0 Å². The van der Waals surface area contributed by atoms with E-state index >= 15 is 0 Å². The van der Waals surface area contributed by atoms with Gasteiger partial charge in [-0.15, -0.1) is 0 Å². The molecule has 21 heavy (non-hydrogen) atoms. The quantitative estimate of drug-likeness (QED) is 0.715. The number of fused-ring (bicyclic) bond motifs is 1. The molecule has 0 radical (unpaired) electrons. The highest BCUT2D eigenvalue weighted by molar-refractivity contribution is 5.82. The van der Waals surface area contributed by atoms with Crippen LogP contribution in [-0.2, 0) is 6.54 Å². The number of hydrogen-bond donors (Lipinski definition) is 0. The highest BCUT2D eigenvalue weighted by Crippen LogP contribution is 2.28. The third kappa shape index (κ3) is 2.30. The molecule has 0 spiro atoms. The molecule has 2 aromatic carbocycles. The van der Waals surface area contributed by atoms with Crippen molar-refractivity contribution in [3.05, 3.63) is 53.6 Å². The summed E-state index contributed by atoms with van der Waals surface area (Å²) in [6, 6.07) is 16.2. The summed E-state index contributed by atoms with van der Waals surface area (Å²) in [4.78, 5) is 4.78. The minimum absolute atomic E-state index is 0.653. The molecule has 0 saturated carbocycles. The highest BCUT2D eigenvalue weighted by Gasteiger charge is 2.13. The van der Waals surface area contributed by atoms with Crippen LogP contribution in [0.3, 0.4) is 0 Å². The largest absolute Gasteiger partial charge is 0.324 e. The first-order chi connectivity index (χ1) is 10.2. The van der Waals surface area contributed by atoms with E-state index in [1.54, 1.807) is 0 Å². The Morgan fingerprint density at radius 3 is 2.71 bits per heavy atom. The molecule has 0 saturated heterocycles. The van der Waals surface area contributed by atoms with Crippen molar-refractivity contribution in [2.45, 2.75) is 26.8 Å². The van der Waals surface area contributed by atoms with Crippen LogP contribution in [-0.4, -0.2) is 9.55 Å². The van der Waals surface area contributed by atoms with Crippen LogP contribution in [0.25, 0.3) is 22.4 Å². The van der Waals surface area contributed by atoms with Crippen LogP contribution >= 0.6 is 0 Å². The second kappa shape index (κ2) is 5.41. The zero-order valence-corrected chi connectivity index (χ0v) is 12.3. The van der Waals surface area contributed by atoms with Crippen molar-refractivity contribution in [2.24, 2.45) is 0 Å². The summed E-state index contributed by atoms with van der Waals surface area (Å²) in [5.41, 5.74) is 5.00. The summed E-state index contributed by atoms with van der Waals surface area (Å²) in [5.74, 6) is 0.986. The zero-order chi connectivity index (χ0) is 14.8. The summed E-state index contributed by atoms with van der Waals surface area (Å²) in [5, 5.41) is 9.05. The second-order valence-electron chi connectivity index (χ2n) is 5.22. The summed E-state index contributed by atoms with van der Waals surface area (Å²) in [7, 11) is 0. The number of nitriles is 1. The minimum atomic E-state index is 0.653. The lowest BCUT2D eigenvalue weighted by Crippen LogP contribution is -2.00. The Morgan fingerprint density at radius 1 is 1.19 bits per heavy atom. The fourth-order valence-electron chi connectivity index (χ4n) is 2.68. The van der Waals surface area contributed by atoms with Crippen molar-refractivity contribution in [3.63, 3.8) is 0 Å². The summed E-state index contributed by atoms with van der Waals surface area (Å²) < 4.78 is 2.25. The number of nitrogens with zero attached hydrogens (tertiary/aromatic N) is 3. The van der Waals surface area contributed by atoms with Crippen LogP contribution < -0.4 is 0 Å². The van der Waals surface area contributed by atoms with E-state index < -0.39 is 0 Å². The molecule has 3 nitrogen and oxygen atoms in total. The third-order valence-corrected chi connectivity index (χ3v) is 3.71. The van der Waals surface area contributed by atoms with Gasteiger partial charge in [0, 0.05) is 12.1 Å².